The Labute approximate surface area is 112 Å². The molecule has 0 bridgehead atoms. The number of hydrogen-bond acceptors (Lipinski definition) is 2. The highest BCUT2D eigenvalue weighted by atomic mass is 79.9. The number of hydrogen-bond donors (Lipinski definition) is 2. The Morgan fingerprint density at radius 1 is 1.50 bits per heavy atom. The second-order valence-corrected chi connectivity index (χ2v) is 4.72. The third-order valence-corrected chi connectivity index (χ3v) is 3.15. The second-order valence-electron chi connectivity index (χ2n) is 3.86. The molecule has 0 heterocycles. The summed E-state index contributed by atoms with van der Waals surface area (Å²) < 4.78 is 13.7. The number of halogens is 2. The first kappa shape index (κ1) is 14.6. The zero-order valence-corrected chi connectivity index (χ0v) is 11.3. The van der Waals surface area contributed by atoms with Gasteiger partial charge in [-0.3, -0.25) is 9.59 Å². The van der Waals surface area contributed by atoms with E-state index in [9.17, 15) is 14.0 Å². The van der Waals surface area contributed by atoms with Gasteiger partial charge >= 0.3 is 5.97 Å². The average Bonchev–Trinajstić information content (AvgIpc) is 2.30. The number of carboxylic acids is 1. The first-order valence-corrected chi connectivity index (χ1v) is 6.15. The second kappa shape index (κ2) is 6.49. The molecule has 1 amide bonds. The summed E-state index contributed by atoms with van der Waals surface area (Å²) in [6, 6.07) is 3.31. The molecule has 1 aromatic rings. The van der Waals surface area contributed by atoms with Crippen LogP contribution in [0.15, 0.2) is 22.7 Å². The molecule has 18 heavy (non-hydrogen) atoms. The van der Waals surface area contributed by atoms with Gasteiger partial charge in [0.15, 0.2) is 0 Å². The lowest BCUT2D eigenvalue weighted by Crippen LogP contribution is -2.38. The lowest BCUT2D eigenvalue weighted by Gasteiger charge is -2.09. The van der Waals surface area contributed by atoms with Gasteiger partial charge in [0.05, 0.1) is 0 Å². The van der Waals surface area contributed by atoms with Crippen molar-refractivity contribution in [1.29, 1.82) is 0 Å². The van der Waals surface area contributed by atoms with Crippen molar-refractivity contribution in [3.8, 4) is 0 Å². The maximum Gasteiger partial charge on any atom is 0.325 e. The molecule has 1 rings (SSSR count). The number of aliphatic carboxylic acids is 1. The van der Waals surface area contributed by atoms with Gasteiger partial charge in [-0.15, -0.1) is 0 Å². The van der Waals surface area contributed by atoms with E-state index in [2.05, 4.69) is 21.2 Å². The van der Waals surface area contributed by atoms with Crippen LogP contribution in [-0.4, -0.2) is 23.0 Å². The number of carboxylic acid groups (broad SMARTS) is 1. The first-order valence-electron chi connectivity index (χ1n) is 5.36. The van der Waals surface area contributed by atoms with Crippen molar-refractivity contribution < 1.29 is 19.1 Å². The van der Waals surface area contributed by atoms with Crippen LogP contribution < -0.4 is 5.32 Å². The number of carbonyl (C=O) groups excluding carboxylic acids is 1. The van der Waals surface area contributed by atoms with Crippen LogP contribution in [0.5, 0.6) is 0 Å². The molecule has 0 spiro atoms. The fourth-order valence-corrected chi connectivity index (χ4v) is 1.80. The van der Waals surface area contributed by atoms with Gasteiger partial charge in [-0.25, -0.2) is 4.39 Å². The lowest BCUT2D eigenvalue weighted by atomic mass is 10.1. The lowest BCUT2D eigenvalue weighted by molar-refractivity contribution is -0.141. The summed E-state index contributed by atoms with van der Waals surface area (Å²) >= 11 is 3.26. The molecule has 0 saturated heterocycles. The maximum absolute atomic E-state index is 13.0. The Balaban J connectivity index is 2.52. The van der Waals surface area contributed by atoms with Gasteiger partial charge in [0.2, 0.25) is 5.91 Å². The molecule has 2 N–H and O–H groups in total. The van der Waals surface area contributed by atoms with Crippen molar-refractivity contribution in [3.63, 3.8) is 0 Å². The highest BCUT2D eigenvalue weighted by Crippen LogP contribution is 2.19. The van der Waals surface area contributed by atoms with Crippen LogP contribution in [0.4, 0.5) is 4.39 Å². The quantitative estimate of drug-likeness (QED) is 0.874. The Kier molecular flexibility index (Phi) is 5.27. The molecule has 1 atom stereocenters. The predicted molar refractivity (Wildman–Crippen MR) is 67.7 cm³/mol. The Bertz CT molecular complexity index is 465. The molecule has 0 saturated carbocycles. The van der Waals surface area contributed by atoms with E-state index in [0.29, 0.717) is 12.0 Å². The van der Waals surface area contributed by atoms with Gasteiger partial charge in [0.25, 0.3) is 0 Å². The van der Waals surface area contributed by atoms with Crippen LogP contribution in [0.25, 0.3) is 0 Å². The highest BCUT2D eigenvalue weighted by molar-refractivity contribution is 9.10. The van der Waals surface area contributed by atoms with Gasteiger partial charge in [0.1, 0.15) is 11.9 Å². The number of benzene rings is 1. The van der Waals surface area contributed by atoms with Gasteiger partial charge in [0, 0.05) is 10.9 Å². The Morgan fingerprint density at radius 3 is 2.78 bits per heavy atom. The number of aryl methyl sites for hydroxylation is 1. The summed E-state index contributed by atoms with van der Waals surface area (Å²) in [6.45, 7) is 1.39. The molecule has 0 fully saturated rings. The van der Waals surface area contributed by atoms with E-state index in [1.54, 1.807) is 6.07 Å². The van der Waals surface area contributed by atoms with Crippen molar-refractivity contribution >= 4 is 27.8 Å². The van der Waals surface area contributed by atoms with Crippen molar-refractivity contribution in [2.75, 3.05) is 0 Å². The molecule has 6 heteroatoms. The molecule has 1 unspecified atom stereocenters. The first-order chi connectivity index (χ1) is 8.40. The number of amides is 1. The molecule has 0 radical (unpaired) electrons. The summed E-state index contributed by atoms with van der Waals surface area (Å²) in [5.41, 5.74) is 0.674. The number of nitrogens with one attached hydrogen (secondary N) is 1. The van der Waals surface area contributed by atoms with Crippen molar-refractivity contribution in [3.05, 3.63) is 34.1 Å². The van der Waals surface area contributed by atoms with Gasteiger partial charge in [-0.1, -0.05) is 15.9 Å². The average molecular weight is 318 g/mol. The fraction of sp³-hybridized carbons (Fsp3) is 0.333. The minimum Gasteiger partial charge on any atom is -0.480 e. The van der Waals surface area contributed by atoms with Crippen LogP contribution in [0.1, 0.15) is 18.9 Å². The molecule has 0 aliphatic heterocycles. The van der Waals surface area contributed by atoms with E-state index in [4.69, 9.17) is 5.11 Å². The molecule has 1 aromatic carbocycles. The van der Waals surface area contributed by atoms with Crippen LogP contribution in [-0.2, 0) is 16.0 Å². The zero-order valence-electron chi connectivity index (χ0n) is 9.74. The zero-order chi connectivity index (χ0) is 13.7. The standard InChI is InChI=1S/C12H13BrFNO3/c1-7(12(17)18)15-11(16)5-2-8-6-9(14)3-4-10(8)13/h3-4,6-7H,2,5H2,1H3,(H,15,16)(H,17,18). The van der Waals surface area contributed by atoms with Crippen LogP contribution in [0.2, 0.25) is 0 Å². The van der Waals surface area contributed by atoms with E-state index < -0.39 is 12.0 Å². The molecular weight excluding hydrogens is 305 g/mol. The van der Waals surface area contributed by atoms with E-state index in [1.165, 1.54) is 19.1 Å². The van der Waals surface area contributed by atoms with Gasteiger partial charge in [-0.2, -0.15) is 0 Å². The van der Waals surface area contributed by atoms with E-state index in [-0.39, 0.29) is 18.1 Å². The third kappa shape index (κ3) is 4.44. The summed E-state index contributed by atoms with van der Waals surface area (Å²) in [7, 11) is 0. The Hall–Kier alpha value is -1.43. The minimum atomic E-state index is -1.09. The van der Waals surface area contributed by atoms with Gasteiger partial charge in [-0.05, 0) is 37.1 Å². The number of carbonyl (C=O) groups is 2. The van der Waals surface area contributed by atoms with E-state index in [1.807, 2.05) is 0 Å². The van der Waals surface area contributed by atoms with Crippen LogP contribution >= 0.6 is 15.9 Å². The normalized spacial score (nSPS) is 11.9. The topological polar surface area (TPSA) is 66.4 Å². The molecule has 4 nitrogen and oxygen atoms in total. The van der Waals surface area contributed by atoms with Crippen molar-refractivity contribution in [1.82, 2.24) is 5.32 Å². The van der Waals surface area contributed by atoms with Crippen LogP contribution in [0.3, 0.4) is 0 Å². The Morgan fingerprint density at radius 2 is 2.17 bits per heavy atom. The summed E-state index contributed by atoms with van der Waals surface area (Å²) in [5.74, 6) is -1.83. The minimum absolute atomic E-state index is 0.111. The SMILES string of the molecule is CC(NC(=O)CCc1cc(F)ccc1Br)C(=O)O. The number of rotatable bonds is 5. The summed E-state index contributed by atoms with van der Waals surface area (Å²) in [5, 5.41) is 11.0. The molecule has 98 valence electrons. The summed E-state index contributed by atoms with van der Waals surface area (Å²) in [6.07, 6.45) is 0.455. The monoisotopic (exact) mass is 317 g/mol. The van der Waals surface area contributed by atoms with E-state index in [0.717, 1.165) is 4.47 Å². The molecule has 0 aliphatic rings. The highest BCUT2D eigenvalue weighted by Gasteiger charge is 2.14. The third-order valence-electron chi connectivity index (χ3n) is 2.38. The largest absolute Gasteiger partial charge is 0.480 e. The summed E-state index contributed by atoms with van der Waals surface area (Å²) in [4.78, 5) is 22.0. The van der Waals surface area contributed by atoms with Crippen molar-refractivity contribution in [2.24, 2.45) is 0 Å². The molecule has 0 aromatic heterocycles. The molecular formula is C12H13BrFNO3. The van der Waals surface area contributed by atoms with Gasteiger partial charge < -0.3 is 10.4 Å². The van der Waals surface area contributed by atoms with Crippen molar-refractivity contribution in [2.45, 2.75) is 25.8 Å². The fourth-order valence-electron chi connectivity index (χ4n) is 1.36. The van der Waals surface area contributed by atoms with E-state index >= 15 is 0 Å². The molecule has 0 aliphatic carbocycles. The predicted octanol–water partition coefficient (Wildman–Crippen LogP) is 2.11. The maximum atomic E-state index is 13.0. The smallest absolute Gasteiger partial charge is 0.325 e. The van der Waals surface area contributed by atoms with Crippen LogP contribution in [0, 0.1) is 5.82 Å².